The summed E-state index contributed by atoms with van der Waals surface area (Å²) in [6.45, 7) is 0.216. The van der Waals surface area contributed by atoms with Crippen molar-refractivity contribution in [1.82, 2.24) is 10.1 Å². The monoisotopic (exact) mass is 301 g/mol. The Hall–Kier alpha value is -2.53. The van der Waals surface area contributed by atoms with Gasteiger partial charge in [0.1, 0.15) is 5.75 Å². The maximum atomic E-state index is 6.10. The summed E-state index contributed by atoms with van der Waals surface area (Å²) in [4.78, 5) is 4.25. The number of anilines is 1. The summed E-state index contributed by atoms with van der Waals surface area (Å²) in [5.41, 5.74) is 6.92. The van der Waals surface area contributed by atoms with Crippen LogP contribution >= 0.6 is 11.6 Å². The van der Waals surface area contributed by atoms with Gasteiger partial charge in [-0.2, -0.15) is 4.98 Å². The van der Waals surface area contributed by atoms with Crippen LogP contribution < -0.4 is 10.5 Å². The maximum absolute atomic E-state index is 6.10. The second kappa shape index (κ2) is 5.85. The van der Waals surface area contributed by atoms with Crippen LogP contribution in [0.25, 0.3) is 11.5 Å². The van der Waals surface area contributed by atoms with Crippen molar-refractivity contribution in [2.45, 2.75) is 6.61 Å². The topological polar surface area (TPSA) is 74.2 Å². The van der Waals surface area contributed by atoms with Gasteiger partial charge in [0, 0.05) is 5.69 Å². The number of rotatable bonds is 4. The Labute approximate surface area is 126 Å². The number of nitrogen functional groups attached to an aromatic ring is 1. The molecular formula is C15H12ClN3O2. The molecule has 3 aromatic rings. The number of hydrogen-bond acceptors (Lipinski definition) is 5. The van der Waals surface area contributed by atoms with Gasteiger partial charge in [-0.15, -0.1) is 0 Å². The second-order valence-electron chi connectivity index (χ2n) is 4.36. The normalized spacial score (nSPS) is 10.5. The van der Waals surface area contributed by atoms with Crippen LogP contribution in [-0.4, -0.2) is 10.1 Å². The Morgan fingerprint density at radius 3 is 2.76 bits per heavy atom. The predicted octanol–water partition coefficient (Wildman–Crippen LogP) is 3.55. The largest absolute Gasteiger partial charge is 0.485 e. The van der Waals surface area contributed by atoms with Crippen LogP contribution in [0.15, 0.2) is 53.1 Å². The first kappa shape index (κ1) is 13.5. The van der Waals surface area contributed by atoms with Crippen LogP contribution in [0.4, 0.5) is 5.69 Å². The molecule has 0 unspecified atom stereocenters. The molecule has 1 heterocycles. The van der Waals surface area contributed by atoms with E-state index in [2.05, 4.69) is 10.1 Å². The Balaban J connectivity index is 1.76. The molecule has 0 atom stereocenters. The minimum absolute atomic E-state index is 0.216. The van der Waals surface area contributed by atoms with Crippen LogP contribution in [0.1, 0.15) is 5.82 Å². The van der Waals surface area contributed by atoms with Crippen LogP contribution in [0, 0.1) is 0 Å². The molecule has 0 bridgehead atoms. The molecule has 0 radical (unpaired) electrons. The maximum Gasteiger partial charge on any atom is 0.259 e. The Morgan fingerprint density at radius 2 is 1.95 bits per heavy atom. The van der Waals surface area contributed by atoms with Gasteiger partial charge in [-0.05, 0) is 30.3 Å². The molecule has 0 amide bonds. The van der Waals surface area contributed by atoms with Crippen LogP contribution in [0.2, 0.25) is 5.02 Å². The quantitative estimate of drug-likeness (QED) is 0.746. The molecule has 0 aliphatic heterocycles. The number of halogens is 1. The van der Waals surface area contributed by atoms with Gasteiger partial charge in [-0.3, -0.25) is 0 Å². The molecule has 106 valence electrons. The highest BCUT2D eigenvalue weighted by atomic mass is 35.5. The molecule has 5 nitrogen and oxygen atoms in total. The summed E-state index contributed by atoms with van der Waals surface area (Å²) in [7, 11) is 0. The third-order valence-electron chi connectivity index (χ3n) is 2.80. The molecule has 2 aromatic carbocycles. The van der Waals surface area contributed by atoms with Crippen molar-refractivity contribution in [1.29, 1.82) is 0 Å². The number of nitrogens with zero attached hydrogens (tertiary/aromatic N) is 2. The number of aromatic nitrogens is 2. The van der Waals surface area contributed by atoms with Gasteiger partial charge < -0.3 is 15.0 Å². The highest BCUT2D eigenvalue weighted by Gasteiger charge is 2.13. The third-order valence-corrected chi connectivity index (χ3v) is 3.13. The van der Waals surface area contributed by atoms with E-state index in [1.807, 2.05) is 30.3 Å². The van der Waals surface area contributed by atoms with Crippen molar-refractivity contribution >= 4 is 17.3 Å². The van der Waals surface area contributed by atoms with E-state index in [1.165, 1.54) is 0 Å². The average molecular weight is 302 g/mol. The fourth-order valence-corrected chi connectivity index (χ4v) is 1.99. The highest BCUT2D eigenvalue weighted by Crippen LogP contribution is 2.28. The Kier molecular flexibility index (Phi) is 3.75. The number of nitrogens with two attached hydrogens (primary N) is 1. The lowest BCUT2D eigenvalue weighted by Crippen LogP contribution is -1.97. The number of hydrogen-bond donors (Lipinski definition) is 1. The van der Waals surface area contributed by atoms with Crippen molar-refractivity contribution in [2.24, 2.45) is 0 Å². The molecule has 1 aromatic heterocycles. The minimum Gasteiger partial charge on any atom is -0.485 e. The van der Waals surface area contributed by atoms with E-state index in [9.17, 15) is 0 Å². The van der Waals surface area contributed by atoms with Crippen molar-refractivity contribution < 1.29 is 9.26 Å². The first-order valence-electron chi connectivity index (χ1n) is 6.28. The smallest absolute Gasteiger partial charge is 0.259 e. The van der Waals surface area contributed by atoms with E-state index in [0.29, 0.717) is 28.0 Å². The van der Waals surface area contributed by atoms with Gasteiger partial charge in [-0.25, -0.2) is 0 Å². The lowest BCUT2D eigenvalue weighted by Gasteiger charge is -2.01. The Morgan fingerprint density at radius 1 is 1.14 bits per heavy atom. The summed E-state index contributed by atoms with van der Waals surface area (Å²) in [6.07, 6.45) is 0. The van der Waals surface area contributed by atoms with Crippen LogP contribution in [0.5, 0.6) is 5.75 Å². The second-order valence-corrected chi connectivity index (χ2v) is 4.76. The third kappa shape index (κ3) is 3.14. The van der Waals surface area contributed by atoms with Crippen molar-refractivity contribution in [3.8, 4) is 17.2 Å². The Bertz CT molecular complexity index is 744. The lowest BCUT2D eigenvalue weighted by molar-refractivity contribution is 0.287. The summed E-state index contributed by atoms with van der Waals surface area (Å²) in [6, 6.07) is 14.5. The molecule has 6 heteroatoms. The molecular weight excluding hydrogens is 290 g/mol. The highest BCUT2D eigenvalue weighted by molar-refractivity contribution is 6.33. The van der Waals surface area contributed by atoms with Gasteiger partial charge in [-0.1, -0.05) is 35.0 Å². The molecule has 2 N–H and O–H groups in total. The molecule has 0 saturated heterocycles. The summed E-state index contributed by atoms with van der Waals surface area (Å²) < 4.78 is 10.7. The predicted molar refractivity (Wildman–Crippen MR) is 79.9 cm³/mol. The number of ether oxygens (including phenoxy) is 1. The van der Waals surface area contributed by atoms with Crippen LogP contribution in [-0.2, 0) is 6.61 Å². The molecule has 0 aliphatic carbocycles. The minimum atomic E-state index is 0.216. The van der Waals surface area contributed by atoms with Gasteiger partial charge >= 0.3 is 0 Å². The fourth-order valence-electron chi connectivity index (χ4n) is 1.79. The van der Waals surface area contributed by atoms with E-state index in [1.54, 1.807) is 18.2 Å². The van der Waals surface area contributed by atoms with E-state index >= 15 is 0 Å². The van der Waals surface area contributed by atoms with Crippen molar-refractivity contribution in [3.63, 3.8) is 0 Å². The van der Waals surface area contributed by atoms with Gasteiger partial charge in [0.05, 0.1) is 10.6 Å². The first-order chi connectivity index (χ1) is 10.2. The van der Waals surface area contributed by atoms with E-state index in [-0.39, 0.29) is 6.61 Å². The SMILES string of the molecule is Nc1ccc(Cl)c(-c2nc(COc3ccccc3)no2)c1. The number of para-hydroxylation sites is 1. The van der Waals surface area contributed by atoms with Gasteiger partial charge in [0.2, 0.25) is 5.82 Å². The zero-order valence-electron chi connectivity index (χ0n) is 11.0. The van der Waals surface area contributed by atoms with Gasteiger partial charge in [0.25, 0.3) is 5.89 Å². The molecule has 0 saturated carbocycles. The standard InChI is InChI=1S/C15H12ClN3O2/c16-13-7-6-10(17)8-12(13)15-18-14(19-21-15)9-20-11-4-2-1-3-5-11/h1-8H,9,17H2. The zero-order valence-corrected chi connectivity index (χ0v) is 11.7. The van der Waals surface area contributed by atoms with Crippen molar-refractivity contribution in [3.05, 3.63) is 59.4 Å². The molecule has 0 fully saturated rings. The van der Waals surface area contributed by atoms with E-state index < -0.39 is 0 Å². The molecule has 3 rings (SSSR count). The summed E-state index contributed by atoms with van der Waals surface area (Å²) in [5, 5.41) is 4.37. The first-order valence-corrected chi connectivity index (χ1v) is 6.66. The zero-order chi connectivity index (χ0) is 14.7. The summed E-state index contributed by atoms with van der Waals surface area (Å²) >= 11 is 6.10. The lowest BCUT2D eigenvalue weighted by atomic mass is 10.2. The fraction of sp³-hybridized carbons (Fsp3) is 0.0667. The van der Waals surface area contributed by atoms with E-state index in [0.717, 1.165) is 5.75 Å². The molecule has 0 spiro atoms. The average Bonchev–Trinajstić information content (AvgIpc) is 2.97. The van der Waals surface area contributed by atoms with Crippen LogP contribution in [0.3, 0.4) is 0 Å². The molecule has 0 aliphatic rings. The van der Waals surface area contributed by atoms with Crippen molar-refractivity contribution in [2.75, 3.05) is 5.73 Å². The number of benzene rings is 2. The molecule has 21 heavy (non-hydrogen) atoms. The summed E-state index contributed by atoms with van der Waals surface area (Å²) in [5.74, 6) is 1.50. The van der Waals surface area contributed by atoms with E-state index in [4.69, 9.17) is 26.6 Å². The van der Waals surface area contributed by atoms with Gasteiger partial charge in [0.15, 0.2) is 6.61 Å².